The minimum absolute atomic E-state index is 0.0692. The average Bonchev–Trinajstić information content (AvgIpc) is 2.42. The molecular formula is C16H14ClFO. The lowest BCUT2D eigenvalue weighted by Gasteiger charge is -2.11. The summed E-state index contributed by atoms with van der Waals surface area (Å²) in [5.74, 6) is -0.515. The van der Waals surface area contributed by atoms with Crippen molar-refractivity contribution in [3.63, 3.8) is 0 Å². The summed E-state index contributed by atoms with van der Waals surface area (Å²) in [6.07, 6.45) is 0.217. The maximum absolute atomic E-state index is 12.9. The van der Waals surface area contributed by atoms with Crippen LogP contribution in [0.1, 0.15) is 24.0 Å². The van der Waals surface area contributed by atoms with E-state index >= 15 is 0 Å². The molecule has 3 heteroatoms. The molecular weight excluding hydrogens is 263 g/mol. The number of carbonyl (C=O) groups is 1. The van der Waals surface area contributed by atoms with E-state index in [4.69, 9.17) is 11.6 Å². The van der Waals surface area contributed by atoms with Gasteiger partial charge in [-0.15, -0.1) is 0 Å². The SMILES string of the molecule is CC(C(=O)Cc1ccc(F)cc1Cl)c1ccccc1. The van der Waals surface area contributed by atoms with E-state index in [0.29, 0.717) is 10.6 Å². The molecule has 0 aliphatic carbocycles. The molecule has 0 N–H and O–H groups in total. The molecule has 0 amide bonds. The standard InChI is InChI=1S/C16H14ClFO/c1-11(12-5-3-2-4-6-12)16(19)9-13-7-8-14(18)10-15(13)17/h2-8,10-11H,9H2,1H3. The van der Waals surface area contributed by atoms with Crippen molar-refractivity contribution in [2.45, 2.75) is 19.3 Å². The zero-order valence-corrected chi connectivity index (χ0v) is 11.3. The zero-order chi connectivity index (χ0) is 13.8. The van der Waals surface area contributed by atoms with Gasteiger partial charge in [-0.1, -0.05) is 54.9 Å². The molecule has 1 atom stereocenters. The summed E-state index contributed by atoms with van der Waals surface area (Å²) < 4.78 is 12.9. The largest absolute Gasteiger partial charge is 0.299 e. The second-order valence-electron chi connectivity index (χ2n) is 4.51. The second-order valence-corrected chi connectivity index (χ2v) is 4.92. The van der Waals surface area contributed by atoms with Crippen LogP contribution in [0.4, 0.5) is 4.39 Å². The van der Waals surface area contributed by atoms with Gasteiger partial charge in [0.1, 0.15) is 11.6 Å². The Balaban J connectivity index is 2.13. The fraction of sp³-hybridized carbons (Fsp3) is 0.188. The molecule has 1 unspecified atom stereocenters. The minimum atomic E-state index is -0.391. The lowest BCUT2D eigenvalue weighted by Crippen LogP contribution is -2.12. The van der Waals surface area contributed by atoms with Crippen LogP contribution < -0.4 is 0 Å². The van der Waals surface area contributed by atoms with Crippen LogP contribution >= 0.6 is 11.6 Å². The molecule has 0 saturated heterocycles. The highest BCUT2D eigenvalue weighted by atomic mass is 35.5. The first-order valence-electron chi connectivity index (χ1n) is 6.09. The van der Waals surface area contributed by atoms with Gasteiger partial charge in [-0.2, -0.15) is 0 Å². The zero-order valence-electron chi connectivity index (χ0n) is 10.6. The van der Waals surface area contributed by atoms with Gasteiger partial charge in [0.15, 0.2) is 0 Å². The van der Waals surface area contributed by atoms with Gasteiger partial charge in [-0.3, -0.25) is 4.79 Å². The van der Waals surface area contributed by atoms with Crippen molar-refractivity contribution >= 4 is 17.4 Å². The number of carbonyl (C=O) groups excluding carboxylic acids is 1. The monoisotopic (exact) mass is 276 g/mol. The Morgan fingerprint density at radius 2 is 1.89 bits per heavy atom. The molecule has 2 rings (SSSR count). The summed E-state index contributed by atoms with van der Waals surface area (Å²) in [6, 6.07) is 13.7. The van der Waals surface area contributed by atoms with Crippen LogP contribution in [-0.4, -0.2) is 5.78 Å². The van der Waals surface area contributed by atoms with E-state index in [0.717, 1.165) is 5.56 Å². The molecule has 2 aromatic rings. The molecule has 0 spiro atoms. The molecule has 0 saturated carbocycles. The number of hydrogen-bond acceptors (Lipinski definition) is 1. The fourth-order valence-electron chi connectivity index (χ4n) is 1.93. The Morgan fingerprint density at radius 1 is 1.21 bits per heavy atom. The van der Waals surface area contributed by atoms with E-state index < -0.39 is 5.82 Å². The van der Waals surface area contributed by atoms with Crippen LogP contribution in [-0.2, 0) is 11.2 Å². The van der Waals surface area contributed by atoms with Gasteiger partial charge in [0.2, 0.25) is 0 Å². The molecule has 0 aliphatic heterocycles. The molecule has 2 aromatic carbocycles. The number of ketones is 1. The fourth-order valence-corrected chi connectivity index (χ4v) is 2.17. The quantitative estimate of drug-likeness (QED) is 0.809. The first kappa shape index (κ1) is 13.8. The maximum Gasteiger partial charge on any atom is 0.144 e. The third-order valence-corrected chi connectivity index (χ3v) is 3.51. The van der Waals surface area contributed by atoms with Gasteiger partial charge in [-0.25, -0.2) is 4.39 Å². The van der Waals surface area contributed by atoms with E-state index in [1.54, 1.807) is 6.07 Å². The summed E-state index contributed by atoms with van der Waals surface area (Å²) in [6.45, 7) is 1.87. The molecule has 19 heavy (non-hydrogen) atoms. The van der Waals surface area contributed by atoms with Gasteiger partial charge < -0.3 is 0 Å². The molecule has 0 aromatic heterocycles. The van der Waals surface area contributed by atoms with E-state index in [2.05, 4.69) is 0 Å². The first-order valence-corrected chi connectivity index (χ1v) is 6.47. The number of halogens is 2. The molecule has 1 nitrogen and oxygen atoms in total. The summed E-state index contributed by atoms with van der Waals surface area (Å²) >= 11 is 5.93. The Bertz CT molecular complexity index is 581. The number of benzene rings is 2. The summed E-state index contributed by atoms with van der Waals surface area (Å²) in [5, 5.41) is 0.300. The van der Waals surface area contributed by atoms with Crippen LogP contribution in [0.25, 0.3) is 0 Å². The lowest BCUT2D eigenvalue weighted by atomic mass is 9.93. The number of Topliss-reactive ketones (excluding diaryl/α,β-unsaturated/α-hetero) is 1. The Hall–Kier alpha value is -1.67. The van der Waals surface area contributed by atoms with Crippen molar-refractivity contribution in [1.82, 2.24) is 0 Å². The van der Waals surface area contributed by atoms with Gasteiger partial charge in [0.05, 0.1) is 0 Å². The lowest BCUT2D eigenvalue weighted by molar-refractivity contribution is -0.119. The van der Waals surface area contributed by atoms with Crippen molar-refractivity contribution in [2.75, 3.05) is 0 Å². The predicted octanol–water partition coefficient (Wildman–Crippen LogP) is 4.39. The summed E-state index contributed by atoms with van der Waals surface area (Å²) in [4.78, 5) is 12.2. The van der Waals surface area contributed by atoms with Crippen molar-refractivity contribution in [2.24, 2.45) is 0 Å². The van der Waals surface area contributed by atoms with Gasteiger partial charge in [0.25, 0.3) is 0 Å². The van der Waals surface area contributed by atoms with Gasteiger partial charge in [0, 0.05) is 17.4 Å². The summed E-state index contributed by atoms with van der Waals surface area (Å²) in [5.41, 5.74) is 1.64. The predicted molar refractivity (Wildman–Crippen MR) is 75.0 cm³/mol. The van der Waals surface area contributed by atoms with Crippen molar-refractivity contribution < 1.29 is 9.18 Å². The minimum Gasteiger partial charge on any atom is -0.299 e. The molecule has 0 aliphatic rings. The van der Waals surface area contributed by atoms with Crippen LogP contribution in [0.15, 0.2) is 48.5 Å². The molecule has 0 radical (unpaired) electrons. The first-order chi connectivity index (χ1) is 9.08. The van der Waals surface area contributed by atoms with Crippen LogP contribution in [0.5, 0.6) is 0 Å². The molecule has 0 heterocycles. The number of hydrogen-bond donors (Lipinski definition) is 0. The van der Waals surface area contributed by atoms with E-state index in [-0.39, 0.29) is 18.1 Å². The second kappa shape index (κ2) is 5.98. The van der Waals surface area contributed by atoms with Crippen molar-refractivity contribution in [1.29, 1.82) is 0 Å². The highest BCUT2D eigenvalue weighted by Gasteiger charge is 2.16. The van der Waals surface area contributed by atoms with E-state index in [9.17, 15) is 9.18 Å². The molecule has 0 bridgehead atoms. The van der Waals surface area contributed by atoms with E-state index in [1.807, 2.05) is 37.3 Å². The smallest absolute Gasteiger partial charge is 0.144 e. The Kier molecular flexibility index (Phi) is 4.33. The highest BCUT2D eigenvalue weighted by Crippen LogP contribution is 2.22. The Labute approximate surface area is 117 Å². The normalized spacial score (nSPS) is 12.2. The van der Waals surface area contributed by atoms with Crippen molar-refractivity contribution in [3.8, 4) is 0 Å². The van der Waals surface area contributed by atoms with E-state index in [1.165, 1.54) is 12.1 Å². The molecule has 0 fully saturated rings. The van der Waals surface area contributed by atoms with Crippen molar-refractivity contribution in [3.05, 3.63) is 70.5 Å². The Morgan fingerprint density at radius 3 is 2.53 bits per heavy atom. The third kappa shape index (κ3) is 3.42. The van der Waals surface area contributed by atoms with Gasteiger partial charge >= 0.3 is 0 Å². The van der Waals surface area contributed by atoms with Crippen LogP contribution in [0, 0.1) is 5.82 Å². The highest BCUT2D eigenvalue weighted by molar-refractivity contribution is 6.31. The molecule has 98 valence electrons. The maximum atomic E-state index is 12.9. The topological polar surface area (TPSA) is 17.1 Å². The van der Waals surface area contributed by atoms with Gasteiger partial charge in [-0.05, 0) is 23.3 Å². The summed E-state index contributed by atoms with van der Waals surface area (Å²) in [7, 11) is 0. The third-order valence-electron chi connectivity index (χ3n) is 3.16. The van der Waals surface area contributed by atoms with Crippen LogP contribution in [0.3, 0.4) is 0 Å². The average molecular weight is 277 g/mol. The number of rotatable bonds is 4. The van der Waals surface area contributed by atoms with Crippen LogP contribution in [0.2, 0.25) is 5.02 Å².